The number of carbonyl (C=O) groups is 1. The minimum absolute atomic E-state index is 0.235. The number of nitrogens with one attached hydrogen (secondary N) is 1. The van der Waals surface area contributed by atoms with Crippen LogP contribution in [0.25, 0.3) is 0 Å². The molecule has 2 saturated carbocycles. The summed E-state index contributed by atoms with van der Waals surface area (Å²) in [5, 5.41) is 14.0. The normalized spacial score (nSPS) is 29.4. The fourth-order valence-corrected chi connectivity index (χ4v) is 6.06. The van der Waals surface area contributed by atoms with Crippen LogP contribution in [0.3, 0.4) is 0 Å². The van der Waals surface area contributed by atoms with E-state index in [1.807, 2.05) is 54.6 Å². The van der Waals surface area contributed by atoms with E-state index in [1.165, 1.54) is 6.42 Å². The molecular weight excluding hydrogens is 386 g/mol. The van der Waals surface area contributed by atoms with Crippen LogP contribution in [-0.2, 0) is 17.9 Å². The van der Waals surface area contributed by atoms with E-state index in [0.717, 1.165) is 36.1 Å². The van der Waals surface area contributed by atoms with Gasteiger partial charge in [-0.05, 0) is 66.7 Å². The average molecular weight is 418 g/mol. The lowest BCUT2D eigenvalue weighted by molar-refractivity contribution is -0.137. The van der Waals surface area contributed by atoms with Crippen molar-refractivity contribution in [2.75, 3.05) is 0 Å². The Morgan fingerprint density at radius 1 is 1.10 bits per heavy atom. The van der Waals surface area contributed by atoms with Gasteiger partial charge in [0.05, 0.1) is 0 Å². The van der Waals surface area contributed by atoms with Crippen LogP contribution in [0.15, 0.2) is 66.2 Å². The van der Waals surface area contributed by atoms with Gasteiger partial charge in [-0.25, -0.2) is 0 Å². The fourth-order valence-electron chi connectivity index (χ4n) is 6.06. The molecule has 0 aliphatic heterocycles. The second kappa shape index (κ2) is 8.16. The lowest BCUT2D eigenvalue weighted by Crippen LogP contribution is -2.46. The molecule has 2 N–H and O–H groups in total. The first-order chi connectivity index (χ1) is 15.0. The van der Waals surface area contributed by atoms with Crippen LogP contribution in [0.5, 0.6) is 5.75 Å². The molecule has 0 heterocycles. The fraction of sp³-hybridized carbons (Fsp3) is 0.444. The van der Waals surface area contributed by atoms with E-state index < -0.39 is 6.10 Å². The number of benzene rings is 2. The molecule has 3 aliphatic carbocycles. The van der Waals surface area contributed by atoms with E-state index in [-0.39, 0.29) is 11.3 Å². The van der Waals surface area contributed by atoms with Crippen LogP contribution in [0.1, 0.15) is 43.7 Å². The van der Waals surface area contributed by atoms with E-state index in [2.05, 4.69) is 18.3 Å². The highest BCUT2D eigenvalue weighted by atomic mass is 16.5. The van der Waals surface area contributed by atoms with Gasteiger partial charge in [-0.2, -0.15) is 0 Å². The van der Waals surface area contributed by atoms with Crippen molar-refractivity contribution in [1.82, 2.24) is 5.32 Å². The van der Waals surface area contributed by atoms with Gasteiger partial charge < -0.3 is 15.2 Å². The number of aliphatic hydroxyl groups excluding tert-OH is 1. The number of allylic oxidation sites excluding steroid dienone is 2. The van der Waals surface area contributed by atoms with Crippen molar-refractivity contribution >= 4 is 5.91 Å². The van der Waals surface area contributed by atoms with Gasteiger partial charge >= 0.3 is 0 Å². The molecule has 5 unspecified atom stereocenters. The lowest BCUT2D eigenvalue weighted by atomic mass is 9.69. The van der Waals surface area contributed by atoms with Gasteiger partial charge in [-0.1, -0.05) is 61.0 Å². The van der Waals surface area contributed by atoms with Crippen LogP contribution in [0, 0.1) is 23.2 Å². The zero-order chi connectivity index (χ0) is 21.4. The first-order valence-corrected chi connectivity index (χ1v) is 11.4. The van der Waals surface area contributed by atoms with Crippen LogP contribution >= 0.6 is 0 Å². The third-order valence-electron chi connectivity index (χ3n) is 7.53. The van der Waals surface area contributed by atoms with Crippen LogP contribution < -0.4 is 10.1 Å². The Labute approximate surface area is 184 Å². The van der Waals surface area contributed by atoms with Gasteiger partial charge in [0.15, 0.2) is 0 Å². The number of fused-ring (bicyclic) bond motifs is 1. The van der Waals surface area contributed by atoms with Crippen molar-refractivity contribution in [3.05, 3.63) is 77.4 Å². The molecule has 4 nitrogen and oxygen atoms in total. The number of amides is 1. The minimum Gasteiger partial charge on any atom is -0.489 e. The lowest BCUT2D eigenvalue weighted by Gasteiger charge is -2.37. The molecule has 1 amide bonds. The molecule has 31 heavy (non-hydrogen) atoms. The molecule has 2 bridgehead atoms. The van der Waals surface area contributed by atoms with Crippen molar-refractivity contribution in [3.8, 4) is 5.75 Å². The summed E-state index contributed by atoms with van der Waals surface area (Å²) in [5.41, 5.74) is 3.43. The molecule has 0 radical (unpaired) electrons. The van der Waals surface area contributed by atoms with Gasteiger partial charge in [0, 0.05) is 12.0 Å². The third kappa shape index (κ3) is 4.01. The van der Waals surface area contributed by atoms with E-state index in [1.54, 1.807) is 5.57 Å². The van der Waals surface area contributed by atoms with Crippen LogP contribution in [0.4, 0.5) is 0 Å². The van der Waals surface area contributed by atoms with Crippen LogP contribution in [0.2, 0.25) is 0 Å². The number of ether oxygens (including phenoxy) is 1. The van der Waals surface area contributed by atoms with Crippen LogP contribution in [-0.4, -0.2) is 17.1 Å². The number of carbonyl (C=O) groups excluding carboxylic acids is 1. The zero-order valence-corrected chi connectivity index (χ0v) is 18.1. The van der Waals surface area contributed by atoms with E-state index in [9.17, 15) is 9.90 Å². The molecular formula is C27H31NO3. The summed E-state index contributed by atoms with van der Waals surface area (Å²) in [5.74, 6) is 2.28. The Kier molecular flexibility index (Phi) is 5.35. The Balaban J connectivity index is 1.15. The number of hydrogen-bond acceptors (Lipinski definition) is 3. The average Bonchev–Trinajstić information content (AvgIpc) is 3.01. The molecule has 4 heteroatoms. The highest BCUT2D eigenvalue weighted by molar-refractivity contribution is 5.81. The Morgan fingerprint density at radius 3 is 2.65 bits per heavy atom. The number of aliphatic hydroxyl groups is 1. The quantitative estimate of drug-likeness (QED) is 0.646. The van der Waals surface area contributed by atoms with Crippen molar-refractivity contribution < 1.29 is 14.6 Å². The SMILES string of the molecule is CC1C=C2CC3CC(C(O)C(=O)NCc4ccc(OCc5ccccc5)cc4)(C1)CC23. The summed E-state index contributed by atoms with van der Waals surface area (Å²) in [6.45, 7) is 3.16. The summed E-state index contributed by atoms with van der Waals surface area (Å²) < 4.78 is 5.83. The molecule has 0 saturated heterocycles. The summed E-state index contributed by atoms with van der Waals surface area (Å²) in [6, 6.07) is 17.8. The predicted octanol–water partition coefficient (Wildman–Crippen LogP) is 4.63. The Morgan fingerprint density at radius 2 is 1.87 bits per heavy atom. The number of hydrogen-bond donors (Lipinski definition) is 2. The molecule has 2 aromatic rings. The van der Waals surface area contributed by atoms with Crippen molar-refractivity contribution in [2.45, 2.75) is 51.9 Å². The highest BCUT2D eigenvalue weighted by Crippen LogP contribution is 2.63. The standard InChI is InChI=1S/C27H31NO3/c1-18-11-21-12-22-14-27(13-18,15-24(21)22)25(29)26(30)28-16-19-7-9-23(10-8-19)31-17-20-5-3-2-4-6-20/h2-11,18,22,24-25,29H,12-17H2,1H3,(H,28,30). The molecule has 3 aliphatic rings. The third-order valence-corrected chi connectivity index (χ3v) is 7.53. The van der Waals surface area contributed by atoms with Crippen molar-refractivity contribution in [2.24, 2.45) is 23.2 Å². The van der Waals surface area contributed by atoms with Gasteiger partial charge in [-0.3, -0.25) is 4.79 Å². The van der Waals surface area contributed by atoms with Gasteiger partial charge in [-0.15, -0.1) is 0 Å². The second-order valence-corrected chi connectivity index (χ2v) is 9.80. The van der Waals surface area contributed by atoms with Gasteiger partial charge in [0.2, 0.25) is 5.91 Å². The maximum atomic E-state index is 12.9. The molecule has 2 aromatic carbocycles. The minimum atomic E-state index is -0.929. The highest BCUT2D eigenvalue weighted by Gasteiger charge is 2.57. The summed E-state index contributed by atoms with van der Waals surface area (Å²) in [4.78, 5) is 12.9. The summed E-state index contributed by atoms with van der Waals surface area (Å²) in [6.07, 6.45) is 5.50. The van der Waals surface area contributed by atoms with E-state index >= 15 is 0 Å². The molecule has 5 atom stereocenters. The molecule has 2 fully saturated rings. The summed E-state index contributed by atoms with van der Waals surface area (Å²) >= 11 is 0. The van der Waals surface area contributed by atoms with Gasteiger partial charge in [0.25, 0.3) is 0 Å². The maximum absolute atomic E-state index is 12.9. The van der Waals surface area contributed by atoms with Crippen molar-refractivity contribution in [1.29, 1.82) is 0 Å². The first-order valence-electron chi connectivity index (χ1n) is 11.4. The topological polar surface area (TPSA) is 58.6 Å². The van der Waals surface area contributed by atoms with Crippen molar-refractivity contribution in [3.63, 3.8) is 0 Å². The largest absolute Gasteiger partial charge is 0.489 e. The van der Waals surface area contributed by atoms with E-state index in [0.29, 0.717) is 30.9 Å². The van der Waals surface area contributed by atoms with Gasteiger partial charge in [0.1, 0.15) is 18.5 Å². The number of rotatable bonds is 7. The zero-order valence-electron chi connectivity index (χ0n) is 18.1. The Bertz CT molecular complexity index is 968. The monoisotopic (exact) mass is 417 g/mol. The van der Waals surface area contributed by atoms with E-state index in [4.69, 9.17) is 4.74 Å². The molecule has 5 rings (SSSR count). The molecule has 0 spiro atoms. The molecule has 162 valence electrons. The molecule has 0 aromatic heterocycles. The Hall–Kier alpha value is -2.59. The maximum Gasteiger partial charge on any atom is 0.249 e. The summed E-state index contributed by atoms with van der Waals surface area (Å²) in [7, 11) is 0. The second-order valence-electron chi connectivity index (χ2n) is 9.80. The predicted molar refractivity (Wildman–Crippen MR) is 120 cm³/mol. The first kappa shape index (κ1) is 20.3. The smallest absolute Gasteiger partial charge is 0.249 e.